The second-order valence-corrected chi connectivity index (χ2v) is 8.46. The van der Waals surface area contributed by atoms with Gasteiger partial charge in [0.25, 0.3) is 5.91 Å². The summed E-state index contributed by atoms with van der Waals surface area (Å²) in [5.41, 5.74) is 5.73. The van der Waals surface area contributed by atoms with Gasteiger partial charge in [-0.1, -0.05) is 66.2 Å². The molecule has 4 aromatic rings. The summed E-state index contributed by atoms with van der Waals surface area (Å²) in [5.74, 6) is 1.32. The highest BCUT2D eigenvalue weighted by atomic mass is 35.5. The lowest BCUT2D eigenvalue weighted by molar-refractivity contribution is 0.0950. The maximum Gasteiger partial charge on any atom is 0.275 e. The van der Waals surface area contributed by atoms with Gasteiger partial charge in [-0.25, -0.2) is 5.43 Å². The molecule has 0 unspecified atom stereocenters. The van der Waals surface area contributed by atoms with Crippen LogP contribution >= 0.6 is 11.6 Å². The first kappa shape index (κ1) is 25.8. The van der Waals surface area contributed by atoms with E-state index in [1.807, 2.05) is 85.8 Å². The van der Waals surface area contributed by atoms with E-state index in [1.54, 1.807) is 24.4 Å². The summed E-state index contributed by atoms with van der Waals surface area (Å²) in [6.45, 7) is 3.13. The van der Waals surface area contributed by atoms with E-state index in [2.05, 4.69) is 10.5 Å². The molecule has 0 atom stereocenters. The van der Waals surface area contributed by atoms with Gasteiger partial charge in [0, 0.05) is 5.02 Å². The van der Waals surface area contributed by atoms with Crippen LogP contribution in [0.5, 0.6) is 17.2 Å². The van der Waals surface area contributed by atoms with Crippen LogP contribution < -0.4 is 19.6 Å². The van der Waals surface area contributed by atoms with Crippen molar-refractivity contribution in [3.63, 3.8) is 0 Å². The van der Waals surface area contributed by atoms with Crippen molar-refractivity contribution in [2.24, 2.45) is 5.10 Å². The predicted molar refractivity (Wildman–Crippen MR) is 146 cm³/mol. The summed E-state index contributed by atoms with van der Waals surface area (Å²) >= 11 is 5.95. The van der Waals surface area contributed by atoms with Crippen LogP contribution in [0.15, 0.2) is 102 Å². The fraction of sp³-hybridized carbons (Fsp3) is 0.133. The SMILES string of the molecule is CCOc1cc(/C=N/NC(=O)c2ccccc2OCc2ccccc2)ccc1OCc1ccc(Cl)cc1. The third kappa shape index (κ3) is 7.59. The number of ether oxygens (including phenoxy) is 3. The van der Waals surface area contributed by atoms with Crippen molar-refractivity contribution in [3.05, 3.63) is 124 Å². The molecular weight excluding hydrogens is 488 g/mol. The molecule has 0 saturated carbocycles. The average Bonchev–Trinajstić information content (AvgIpc) is 2.93. The Morgan fingerprint density at radius 2 is 1.46 bits per heavy atom. The summed E-state index contributed by atoms with van der Waals surface area (Å²) in [6.07, 6.45) is 1.55. The number of hydrazone groups is 1. The van der Waals surface area contributed by atoms with Crippen LogP contribution in [-0.4, -0.2) is 18.7 Å². The van der Waals surface area contributed by atoms with Crippen LogP contribution in [0.4, 0.5) is 0 Å². The smallest absolute Gasteiger partial charge is 0.275 e. The molecule has 0 aromatic heterocycles. The van der Waals surface area contributed by atoms with Crippen molar-refractivity contribution in [2.45, 2.75) is 20.1 Å². The molecule has 4 aromatic carbocycles. The number of halogens is 1. The van der Waals surface area contributed by atoms with E-state index in [-0.39, 0.29) is 5.91 Å². The standard InChI is InChI=1S/C30H27ClN2O4/c1-2-35-29-18-24(14-17-28(29)37-21-23-12-15-25(31)16-13-23)19-32-33-30(34)26-10-6-7-11-27(26)36-20-22-8-4-3-5-9-22/h3-19H,2,20-21H2,1H3,(H,33,34)/b32-19+. The molecule has 7 heteroatoms. The van der Waals surface area contributed by atoms with Gasteiger partial charge in [0.2, 0.25) is 0 Å². The Morgan fingerprint density at radius 3 is 2.22 bits per heavy atom. The maximum absolute atomic E-state index is 12.8. The molecule has 1 amide bonds. The van der Waals surface area contributed by atoms with Crippen LogP contribution in [0.2, 0.25) is 5.02 Å². The molecule has 0 heterocycles. The van der Waals surface area contributed by atoms with Gasteiger partial charge in [-0.2, -0.15) is 5.10 Å². The minimum absolute atomic E-state index is 0.362. The van der Waals surface area contributed by atoms with Crippen LogP contribution in [0.1, 0.15) is 34.0 Å². The molecule has 0 spiro atoms. The lowest BCUT2D eigenvalue weighted by atomic mass is 10.2. The molecular formula is C30H27ClN2O4. The third-order valence-corrected chi connectivity index (χ3v) is 5.58. The number of hydrogen-bond donors (Lipinski definition) is 1. The van der Waals surface area contributed by atoms with Crippen molar-refractivity contribution >= 4 is 23.7 Å². The molecule has 0 aliphatic carbocycles. The molecule has 0 saturated heterocycles. The maximum atomic E-state index is 12.8. The molecule has 37 heavy (non-hydrogen) atoms. The van der Waals surface area contributed by atoms with Crippen molar-refractivity contribution in [1.82, 2.24) is 5.43 Å². The molecule has 0 aliphatic heterocycles. The molecule has 188 valence electrons. The second kappa shape index (κ2) is 13.1. The lowest BCUT2D eigenvalue weighted by Gasteiger charge is -2.13. The first-order chi connectivity index (χ1) is 18.1. The van der Waals surface area contributed by atoms with Gasteiger partial charge in [-0.05, 0) is 66.1 Å². The molecule has 0 bridgehead atoms. The van der Waals surface area contributed by atoms with E-state index in [0.717, 1.165) is 16.7 Å². The fourth-order valence-corrected chi connectivity index (χ4v) is 3.60. The largest absolute Gasteiger partial charge is 0.490 e. The molecule has 0 aliphatic rings. The summed E-state index contributed by atoms with van der Waals surface area (Å²) in [6, 6.07) is 29.8. The lowest BCUT2D eigenvalue weighted by Crippen LogP contribution is -2.18. The first-order valence-corrected chi connectivity index (χ1v) is 12.2. The van der Waals surface area contributed by atoms with Gasteiger partial charge < -0.3 is 14.2 Å². The van der Waals surface area contributed by atoms with E-state index in [1.165, 1.54) is 0 Å². The van der Waals surface area contributed by atoms with E-state index in [9.17, 15) is 4.79 Å². The summed E-state index contributed by atoms with van der Waals surface area (Å²) in [4.78, 5) is 12.8. The van der Waals surface area contributed by atoms with Gasteiger partial charge in [-0.3, -0.25) is 4.79 Å². The zero-order valence-corrected chi connectivity index (χ0v) is 21.2. The van der Waals surface area contributed by atoms with Crippen molar-refractivity contribution in [1.29, 1.82) is 0 Å². The molecule has 4 rings (SSSR count). The molecule has 1 N–H and O–H groups in total. The van der Waals surface area contributed by atoms with Gasteiger partial charge in [-0.15, -0.1) is 0 Å². The first-order valence-electron chi connectivity index (χ1n) is 11.9. The Balaban J connectivity index is 1.38. The Labute approximate surface area is 221 Å². The number of carbonyl (C=O) groups is 1. The average molecular weight is 515 g/mol. The van der Waals surface area contributed by atoms with Gasteiger partial charge in [0.1, 0.15) is 19.0 Å². The number of amides is 1. The van der Waals surface area contributed by atoms with Crippen molar-refractivity contribution in [2.75, 3.05) is 6.61 Å². The zero-order valence-electron chi connectivity index (χ0n) is 20.4. The summed E-state index contributed by atoms with van der Waals surface area (Å²) < 4.78 is 17.6. The van der Waals surface area contributed by atoms with Gasteiger partial charge in [0.05, 0.1) is 18.4 Å². The monoisotopic (exact) mass is 514 g/mol. The summed E-state index contributed by atoms with van der Waals surface area (Å²) in [5, 5.41) is 4.80. The van der Waals surface area contributed by atoms with Gasteiger partial charge >= 0.3 is 0 Å². The Morgan fingerprint density at radius 1 is 0.784 bits per heavy atom. The van der Waals surface area contributed by atoms with Crippen LogP contribution in [0.25, 0.3) is 0 Å². The van der Waals surface area contributed by atoms with Crippen LogP contribution in [0.3, 0.4) is 0 Å². The van der Waals surface area contributed by atoms with Crippen molar-refractivity contribution < 1.29 is 19.0 Å². The number of nitrogens with one attached hydrogen (secondary N) is 1. The Kier molecular flexibility index (Phi) is 9.16. The molecule has 0 radical (unpaired) electrons. The number of nitrogens with zero attached hydrogens (tertiary/aromatic N) is 1. The highest BCUT2D eigenvalue weighted by molar-refractivity contribution is 6.30. The minimum Gasteiger partial charge on any atom is -0.490 e. The third-order valence-electron chi connectivity index (χ3n) is 5.32. The van der Waals surface area contributed by atoms with E-state index in [4.69, 9.17) is 25.8 Å². The Bertz CT molecular complexity index is 1340. The van der Waals surface area contributed by atoms with Crippen LogP contribution in [0, 0.1) is 0 Å². The topological polar surface area (TPSA) is 69.2 Å². The normalized spacial score (nSPS) is 10.8. The quantitative estimate of drug-likeness (QED) is 0.179. The number of hydrogen-bond acceptors (Lipinski definition) is 5. The van der Waals surface area contributed by atoms with E-state index in [0.29, 0.717) is 47.7 Å². The number of carbonyl (C=O) groups excluding carboxylic acids is 1. The highest BCUT2D eigenvalue weighted by Crippen LogP contribution is 2.29. The zero-order chi connectivity index (χ0) is 25.9. The number of benzene rings is 4. The molecule has 0 fully saturated rings. The van der Waals surface area contributed by atoms with Crippen LogP contribution in [-0.2, 0) is 13.2 Å². The van der Waals surface area contributed by atoms with Crippen molar-refractivity contribution in [3.8, 4) is 17.2 Å². The predicted octanol–water partition coefficient (Wildman–Crippen LogP) is 6.66. The number of para-hydroxylation sites is 1. The Hall–Kier alpha value is -4.29. The molecule has 6 nitrogen and oxygen atoms in total. The second-order valence-electron chi connectivity index (χ2n) is 8.02. The minimum atomic E-state index is -0.368. The van der Waals surface area contributed by atoms with Gasteiger partial charge in [0.15, 0.2) is 11.5 Å². The fourth-order valence-electron chi connectivity index (χ4n) is 3.48. The summed E-state index contributed by atoms with van der Waals surface area (Å²) in [7, 11) is 0. The van der Waals surface area contributed by atoms with E-state index < -0.39 is 0 Å². The highest BCUT2D eigenvalue weighted by Gasteiger charge is 2.12. The van der Waals surface area contributed by atoms with E-state index >= 15 is 0 Å². The number of rotatable bonds is 11.